The number of hydrogen-bond donors (Lipinski definition) is 0. The number of aryl methyl sites for hydroxylation is 3. The van der Waals surface area contributed by atoms with Crippen LogP contribution in [0.4, 0.5) is 0 Å². The van der Waals surface area contributed by atoms with Crippen molar-refractivity contribution in [2.75, 3.05) is 5.75 Å². The molecule has 0 saturated heterocycles. The molecule has 0 bridgehead atoms. The lowest BCUT2D eigenvalue weighted by Crippen LogP contribution is -1.89. The van der Waals surface area contributed by atoms with Crippen LogP contribution >= 0.6 is 11.8 Å². The Hall–Kier alpha value is -0.940. The maximum absolute atomic E-state index is 8.36. The lowest BCUT2D eigenvalue weighted by molar-refractivity contribution is 0.931. The number of thiocyanates is 1. The van der Waals surface area contributed by atoms with Gasteiger partial charge in [0.2, 0.25) is 0 Å². The fourth-order valence-electron chi connectivity index (χ4n) is 1.61. The Morgan fingerprint density at radius 3 is 2.43 bits per heavy atom. The van der Waals surface area contributed by atoms with Crippen LogP contribution in [0.25, 0.3) is 0 Å². The summed E-state index contributed by atoms with van der Waals surface area (Å²) in [4.78, 5) is 0. The molecule has 0 radical (unpaired) electrons. The Morgan fingerprint density at radius 2 is 1.86 bits per heavy atom. The molecule has 0 spiro atoms. The molecule has 0 atom stereocenters. The van der Waals surface area contributed by atoms with Gasteiger partial charge in [0.05, 0.1) is 0 Å². The van der Waals surface area contributed by atoms with Crippen LogP contribution in [0.15, 0.2) is 18.2 Å². The SMILES string of the molecule is Cc1cc(C)cc(CCCSC#N)c1. The molecule has 0 amide bonds. The van der Waals surface area contributed by atoms with E-state index in [4.69, 9.17) is 5.26 Å². The maximum atomic E-state index is 8.36. The highest BCUT2D eigenvalue weighted by Gasteiger charge is 1.96. The van der Waals surface area contributed by atoms with Crippen LogP contribution in [-0.2, 0) is 6.42 Å². The van der Waals surface area contributed by atoms with Gasteiger partial charge < -0.3 is 0 Å². The standard InChI is InChI=1S/C12H15NS/c1-10-6-11(2)8-12(7-10)4-3-5-14-9-13/h6-8H,3-5H2,1-2H3. The van der Waals surface area contributed by atoms with E-state index in [0.29, 0.717) is 0 Å². The molecule has 74 valence electrons. The van der Waals surface area contributed by atoms with Gasteiger partial charge in [-0.1, -0.05) is 29.3 Å². The summed E-state index contributed by atoms with van der Waals surface area (Å²) in [6, 6.07) is 6.64. The molecule has 2 heteroatoms. The molecule has 1 aromatic rings. The number of benzene rings is 1. The minimum Gasteiger partial charge on any atom is -0.185 e. The molecule has 14 heavy (non-hydrogen) atoms. The van der Waals surface area contributed by atoms with Crippen LogP contribution < -0.4 is 0 Å². The van der Waals surface area contributed by atoms with E-state index in [1.165, 1.54) is 28.5 Å². The zero-order valence-electron chi connectivity index (χ0n) is 8.71. The van der Waals surface area contributed by atoms with E-state index in [1.807, 2.05) is 0 Å². The Kier molecular flexibility index (Phi) is 4.55. The molecule has 0 unspecified atom stereocenters. The van der Waals surface area contributed by atoms with Gasteiger partial charge in [0, 0.05) is 5.75 Å². The Labute approximate surface area is 90.1 Å². The third kappa shape index (κ3) is 3.85. The number of nitrogens with zero attached hydrogens (tertiary/aromatic N) is 1. The summed E-state index contributed by atoms with van der Waals surface area (Å²) in [6.07, 6.45) is 2.16. The topological polar surface area (TPSA) is 23.8 Å². The van der Waals surface area contributed by atoms with Crippen molar-refractivity contribution >= 4 is 11.8 Å². The molecule has 0 aliphatic rings. The van der Waals surface area contributed by atoms with Gasteiger partial charge in [0.25, 0.3) is 0 Å². The summed E-state index contributed by atoms with van der Waals surface area (Å²) in [5.74, 6) is 0.934. The first kappa shape index (κ1) is 11.1. The van der Waals surface area contributed by atoms with Gasteiger partial charge in [-0.05, 0) is 44.0 Å². The summed E-state index contributed by atoms with van der Waals surface area (Å²) in [6.45, 7) is 4.25. The fourth-order valence-corrected chi connectivity index (χ4v) is 1.99. The summed E-state index contributed by atoms with van der Waals surface area (Å²) in [5, 5.41) is 10.5. The molecule has 0 saturated carbocycles. The first-order valence-corrected chi connectivity index (χ1v) is 5.79. The van der Waals surface area contributed by atoms with Gasteiger partial charge in [-0.25, -0.2) is 0 Å². The van der Waals surface area contributed by atoms with Crippen LogP contribution in [0.1, 0.15) is 23.1 Å². The van der Waals surface area contributed by atoms with Gasteiger partial charge in [-0.3, -0.25) is 0 Å². The monoisotopic (exact) mass is 205 g/mol. The van der Waals surface area contributed by atoms with Crippen molar-refractivity contribution in [1.82, 2.24) is 0 Å². The molecule has 0 heterocycles. The molecule has 0 aromatic heterocycles. The van der Waals surface area contributed by atoms with E-state index in [9.17, 15) is 0 Å². The number of hydrogen-bond acceptors (Lipinski definition) is 2. The van der Waals surface area contributed by atoms with Gasteiger partial charge in [-0.15, -0.1) is 0 Å². The third-order valence-corrected chi connectivity index (χ3v) is 2.68. The Balaban J connectivity index is 2.47. The summed E-state index contributed by atoms with van der Waals surface area (Å²) >= 11 is 1.34. The van der Waals surface area contributed by atoms with Gasteiger partial charge in [0.1, 0.15) is 5.40 Å². The highest BCUT2D eigenvalue weighted by Crippen LogP contribution is 2.12. The number of nitriles is 1. The quantitative estimate of drug-likeness (QED) is 0.555. The van der Waals surface area contributed by atoms with Crippen LogP contribution in [0.3, 0.4) is 0 Å². The van der Waals surface area contributed by atoms with Crippen molar-refractivity contribution in [3.63, 3.8) is 0 Å². The van der Waals surface area contributed by atoms with Crippen molar-refractivity contribution in [2.24, 2.45) is 0 Å². The first-order valence-electron chi connectivity index (χ1n) is 4.80. The van der Waals surface area contributed by atoms with Crippen molar-refractivity contribution in [3.05, 3.63) is 34.9 Å². The second-order valence-corrected chi connectivity index (χ2v) is 4.42. The molecule has 1 nitrogen and oxygen atoms in total. The van der Waals surface area contributed by atoms with Crippen LogP contribution in [-0.4, -0.2) is 5.75 Å². The van der Waals surface area contributed by atoms with Crippen LogP contribution in [0.2, 0.25) is 0 Å². The number of thioether (sulfide) groups is 1. The molecule has 0 fully saturated rings. The van der Waals surface area contributed by atoms with Crippen molar-refractivity contribution < 1.29 is 0 Å². The van der Waals surface area contributed by atoms with E-state index in [1.54, 1.807) is 0 Å². The zero-order valence-corrected chi connectivity index (χ0v) is 9.53. The normalized spacial score (nSPS) is 9.79. The van der Waals surface area contributed by atoms with E-state index in [-0.39, 0.29) is 0 Å². The van der Waals surface area contributed by atoms with Crippen LogP contribution in [0, 0.1) is 24.5 Å². The smallest absolute Gasteiger partial charge is 0.133 e. The summed E-state index contributed by atoms with van der Waals surface area (Å²) in [5.41, 5.74) is 4.04. The molecular formula is C12H15NS. The molecular weight excluding hydrogens is 190 g/mol. The largest absolute Gasteiger partial charge is 0.185 e. The van der Waals surface area contributed by atoms with E-state index in [2.05, 4.69) is 37.4 Å². The zero-order chi connectivity index (χ0) is 10.4. The van der Waals surface area contributed by atoms with Crippen molar-refractivity contribution in [3.8, 4) is 5.40 Å². The van der Waals surface area contributed by atoms with Gasteiger partial charge in [-0.2, -0.15) is 5.26 Å². The van der Waals surface area contributed by atoms with Gasteiger partial charge in [0.15, 0.2) is 0 Å². The molecule has 1 rings (SSSR count). The fraction of sp³-hybridized carbons (Fsp3) is 0.417. The van der Waals surface area contributed by atoms with Crippen molar-refractivity contribution in [1.29, 1.82) is 5.26 Å². The third-order valence-electron chi connectivity index (χ3n) is 2.06. The minimum absolute atomic E-state index is 0.934. The molecule has 1 aromatic carbocycles. The van der Waals surface area contributed by atoms with E-state index >= 15 is 0 Å². The van der Waals surface area contributed by atoms with E-state index in [0.717, 1.165) is 18.6 Å². The molecule has 0 aliphatic heterocycles. The second kappa shape index (κ2) is 5.72. The second-order valence-electron chi connectivity index (χ2n) is 3.54. The average molecular weight is 205 g/mol. The summed E-state index contributed by atoms with van der Waals surface area (Å²) in [7, 11) is 0. The predicted molar refractivity (Wildman–Crippen MR) is 62.3 cm³/mol. The lowest BCUT2D eigenvalue weighted by atomic mass is 10.0. The first-order chi connectivity index (χ1) is 6.72. The van der Waals surface area contributed by atoms with Crippen molar-refractivity contribution in [2.45, 2.75) is 26.7 Å². The summed E-state index contributed by atoms with van der Waals surface area (Å²) < 4.78 is 0. The Morgan fingerprint density at radius 1 is 1.21 bits per heavy atom. The highest BCUT2D eigenvalue weighted by molar-refractivity contribution is 8.03. The van der Waals surface area contributed by atoms with Gasteiger partial charge >= 0.3 is 0 Å². The molecule has 0 N–H and O–H groups in total. The predicted octanol–water partition coefficient (Wildman–Crippen LogP) is 3.45. The highest BCUT2D eigenvalue weighted by atomic mass is 32.2. The average Bonchev–Trinajstić information content (AvgIpc) is 2.11. The van der Waals surface area contributed by atoms with Crippen LogP contribution in [0.5, 0.6) is 0 Å². The molecule has 0 aliphatic carbocycles. The lowest BCUT2D eigenvalue weighted by Gasteiger charge is -2.03. The van der Waals surface area contributed by atoms with E-state index < -0.39 is 0 Å². The Bertz CT molecular complexity index is 318. The minimum atomic E-state index is 0.934. The maximum Gasteiger partial charge on any atom is 0.133 e. The number of rotatable bonds is 4.